The molecule has 0 atom stereocenters. The first-order valence-electron chi connectivity index (χ1n) is 3.37. The van der Waals surface area contributed by atoms with Crippen molar-refractivity contribution in [2.75, 3.05) is 13.2 Å². The molecular weight excluding hydrogens is 130 g/mol. The number of amides is 1. The number of nitrogens with zero attached hydrogens (tertiary/aromatic N) is 1. The quantitative estimate of drug-likeness (QED) is 0.581. The van der Waals surface area contributed by atoms with Crippen molar-refractivity contribution in [1.29, 1.82) is 0 Å². The standard InChI is InChI=1S/C7H11NO2/c1-3-6(2)8-4-5-10-7(8)9/h2-5H2,1H3. The molecule has 1 rings (SSSR count). The van der Waals surface area contributed by atoms with E-state index in [2.05, 4.69) is 6.58 Å². The van der Waals surface area contributed by atoms with Gasteiger partial charge in [0.05, 0.1) is 6.54 Å². The monoisotopic (exact) mass is 141 g/mol. The zero-order valence-corrected chi connectivity index (χ0v) is 6.09. The lowest BCUT2D eigenvalue weighted by Gasteiger charge is -2.12. The zero-order chi connectivity index (χ0) is 7.56. The normalized spacial score (nSPS) is 17.3. The predicted octanol–water partition coefficient (Wildman–Crippen LogP) is 1.36. The fourth-order valence-electron chi connectivity index (χ4n) is 0.872. The molecule has 3 nitrogen and oxygen atoms in total. The topological polar surface area (TPSA) is 29.5 Å². The molecule has 0 spiro atoms. The first kappa shape index (κ1) is 7.12. The summed E-state index contributed by atoms with van der Waals surface area (Å²) in [5, 5.41) is 0. The summed E-state index contributed by atoms with van der Waals surface area (Å²) in [5.41, 5.74) is 0.836. The molecule has 0 aromatic rings. The van der Waals surface area contributed by atoms with Crippen LogP contribution in [0.4, 0.5) is 4.79 Å². The number of rotatable bonds is 2. The Morgan fingerprint density at radius 2 is 2.60 bits per heavy atom. The van der Waals surface area contributed by atoms with Crippen molar-refractivity contribution in [3.05, 3.63) is 12.3 Å². The van der Waals surface area contributed by atoms with Crippen LogP contribution in [0.25, 0.3) is 0 Å². The summed E-state index contributed by atoms with van der Waals surface area (Å²) < 4.78 is 4.71. The van der Waals surface area contributed by atoms with Crippen molar-refractivity contribution in [2.24, 2.45) is 0 Å². The van der Waals surface area contributed by atoms with E-state index >= 15 is 0 Å². The second kappa shape index (κ2) is 2.73. The number of carbonyl (C=O) groups excluding carboxylic acids is 1. The molecule has 10 heavy (non-hydrogen) atoms. The molecule has 0 saturated carbocycles. The van der Waals surface area contributed by atoms with Gasteiger partial charge in [0.25, 0.3) is 0 Å². The van der Waals surface area contributed by atoms with Crippen molar-refractivity contribution in [1.82, 2.24) is 4.90 Å². The fraction of sp³-hybridized carbons (Fsp3) is 0.571. The summed E-state index contributed by atoms with van der Waals surface area (Å²) >= 11 is 0. The number of allylic oxidation sites excluding steroid dienone is 1. The molecule has 1 amide bonds. The first-order chi connectivity index (χ1) is 4.75. The summed E-state index contributed by atoms with van der Waals surface area (Å²) in [5.74, 6) is 0. The van der Waals surface area contributed by atoms with Crippen molar-refractivity contribution < 1.29 is 9.53 Å². The van der Waals surface area contributed by atoms with Crippen LogP contribution in [0, 0.1) is 0 Å². The van der Waals surface area contributed by atoms with Crippen molar-refractivity contribution in [3.63, 3.8) is 0 Å². The van der Waals surface area contributed by atoms with E-state index < -0.39 is 0 Å². The third-order valence-corrected chi connectivity index (χ3v) is 1.55. The fourth-order valence-corrected chi connectivity index (χ4v) is 0.872. The minimum atomic E-state index is -0.258. The van der Waals surface area contributed by atoms with Gasteiger partial charge in [-0.2, -0.15) is 0 Å². The molecular formula is C7H11NO2. The van der Waals surface area contributed by atoms with Crippen LogP contribution in [0.15, 0.2) is 12.3 Å². The van der Waals surface area contributed by atoms with E-state index in [1.165, 1.54) is 0 Å². The Kier molecular flexibility index (Phi) is 1.94. The lowest BCUT2D eigenvalue weighted by molar-refractivity contribution is 0.164. The van der Waals surface area contributed by atoms with Gasteiger partial charge in [-0.1, -0.05) is 13.5 Å². The maximum atomic E-state index is 10.8. The number of ether oxygens (including phenoxy) is 1. The Hall–Kier alpha value is -0.990. The van der Waals surface area contributed by atoms with E-state index in [9.17, 15) is 4.79 Å². The minimum Gasteiger partial charge on any atom is -0.447 e. The third kappa shape index (κ3) is 1.12. The molecule has 1 saturated heterocycles. The highest BCUT2D eigenvalue weighted by Gasteiger charge is 2.22. The average molecular weight is 141 g/mol. The molecule has 1 fully saturated rings. The molecule has 1 aliphatic rings. The van der Waals surface area contributed by atoms with Crippen LogP contribution in [0.1, 0.15) is 13.3 Å². The molecule has 1 aliphatic heterocycles. The summed E-state index contributed by atoms with van der Waals surface area (Å²) in [6.07, 6.45) is 0.543. The average Bonchev–Trinajstić information content (AvgIpc) is 2.34. The van der Waals surface area contributed by atoms with Crippen LogP contribution in [-0.2, 0) is 4.74 Å². The van der Waals surface area contributed by atoms with Crippen LogP contribution in [0.5, 0.6) is 0 Å². The van der Waals surface area contributed by atoms with Gasteiger partial charge in [0.1, 0.15) is 6.61 Å². The van der Waals surface area contributed by atoms with E-state index in [4.69, 9.17) is 4.74 Å². The van der Waals surface area contributed by atoms with Gasteiger partial charge in [0, 0.05) is 5.70 Å². The van der Waals surface area contributed by atoms with Gasteiger partial charge in [0.15, 0.2) is 0 Å². The maximum absolute atomic E-state index is 10.8. The number of hydrogen-bond acceptors (Lipinski definition) is 2. The SMILES string of the molecule is C=C(CC)N1CCOC1=O. The molecule has 0 aliphatic carbocycles. The molecule has 1 heterocycles. The number of cyclic esters (lactones) is 1. The predicted molar refractivity (Wildman–Crippen MR) is 37.5 cm³/mol. The highest BCUT2D eigenvalue weighted by Crippen LogP contribution is 2.12. The summed E-state index contributed by atoms with van der Waals surface area (Å²) in [4.78, 5) is 12.4. The van der Waals surface area contributed by atoms with E-state index in [1.54, 1.807) is 4.90 Å². The summed E-state index contributed by atoms with van der Waals surface area (Å²) in [6, 6.07) is 0. The van der Waals surface area contributed by atoms with Crippen LogP contribution in [-0.4, -0.2) is 24.1 Å². The van der Waals surface area contributed by atoms with Gasteiger partial charge in [-0.15, -0.1) is 0 Å². The minimum absolute atomic E-state index is 0.258. The molecule has 0 aromatic heterocycles. The Morgan fingerprint density at radius 1 is 1.90 bits per heavy atom. The molecule has 56 valence electrons. The van der Waals surface area contributed by atoms with Gasteiger partial charge >= 0.3 is 6.09 Å². The Balaban J connectivity index is 2.55. The van der Waals surface area contributed by atoms with Gasteiger partial charge < -0.3 is 4.74 Å². The molecule has 3 heteroatoms. The largest absolute Gasteiger partial charge is 0.447 e. The maximum Gasteiger partial charge on any atom is 0.414 e. The van der Waals surface area contributed by atoms with E-state index in [-0.39, 0.29) is 6.09 Å². The van der Waals surface area contributed by atoms with Gasteiger partial charge in [0.2, 0.25) is 0 Å². The molecule has 0 aromatic carbocycles. The lowest BCUT2D eigenvalue weighted by atomic mass is 10.3. The van der Waals surface area contributed by atoms with E-state index in [0.717, 1.165) is 12.1 Å². The smallest absolute Gasteiger partial charge is 0.414 e. The van der Waals surface area contributed by atoms with Gasteiger partial charge in [-0.3, -0.25) is 4.90 Å². The molecule has 0 bridgehead atoms. The van der Waals surface area contributed by atoms with Crippen molar-refractivity contribution in [2.45, 2.75) is 13.3 Å². The Labute approximate surface area is 60.3 Å². The van der Waals surface area contributed by atoms with E-state index in [0.29, 0.717) is 13.2 Å². The molecule has 0 unspecified atom stereocenters. The van der Waals surface area contributed by atoms with Gasteiger partial charge in [-0.25, -0.2) is 4.79 Å². The van der Waals surface area contributed by atoms with Crippen molar-refractivity contribution in [3.8, 4) is 0 Å². The second-order valence-electron chi connectivity index (χ2n) is 2.19. The van der Waals surface area contributed by atoms with Crippen LogP contribution >= 0.6 is 0 Å². The highest BCUT2D eigenvalue weighted by molar-refractivity contribution is 5.71. The highest BCUT2D eigenvalue weighted by atomic mass is 16.6. The Bertz CT molecular complexity index is 165. The lowest BCUT2D eigenvalue weighted by Crippen LogP contribution is -2.22. The molecule has 0 N–H and O–H groups in total. The van der Waals surface area contributed by atoms with E-state index in [1.807, 2.05) is 6.92 Å². The van der Waals surface area contributed by atoms with Crippen LogP contribution in [0.2, 0.25) is 0 Å². The third-order valence-electron chi connectivity index (χ3n) is 1.55. The first-order valence-corrected chi connectivity index (χ1v) is 3.37. The van der Waals surface area contributed by atoms with Crippen molar-refractivity contribution >= 4 is 6.09 Å². The zero-order valence-electron chi connectivity index (χ0n) is 6.09. The number of carbonyl (C=O) groups is 1. The van der Waals surface area contributed by atoms with Crippen LogP contribution in [0.3, 0.4) is 0 Å². The number of hydrogen-bond donors (Lipinski definition) is 0. The summed E-state index contributed by atoms with van der Waals surface area (Å²) in [7, 11) is 0. The second-order valence-corrected chi connectivity index (χ2v) is 2.19. The Morgan fingerprint density at radius 3 is 3.00 bits per heavy atom. The van der Waals surface area contributed by atoms with Crippen LogP contribution < -0.4 is 0 Å². The summed E-state index contributed by atoms with van der Waals surface area (Å²) in [6.45, 7) is 6.85. The van der Waals surface area contributed by atoms with Gasteiger partial charge in [-0.05, 0) is 6.42 Å². The molecule has 0 radical (unpaired) electrons.